The summed E-state index contributed by atoms with van der Waals surface area (Å²) < 4.78 is 10.5. The van der Waals surface area contributed by atoms with Crippen molar-refractivity contribution >= 4 is 34.3 Å². The maximum Gasteiger partial charge on any atom is 0.338 e. The number of carbonyl (C=O) groups excluding carboxylic acids is 2. The molecule has 0 saturated carbocycles. The van der Waals surface area contributed by atoms with Crippen molar-refractivity contribution in [3.05, 3.63) is 53.6 Å². The second kappa shape index (κ2) is 6.76. The molecule has 0 saturated heterocycles. The van der Waals surface area contributed by atoms with Gasteiger partial charge in [-0.05, 0) is 32.0 Å². The summed E-state index contributed by atoms with van der Waals surface area (Å²) in [5.41, 5.74) is 0.324. The molecular weight excluding hydrogens is 332 g/mol. The van der Waals surface area contributed by atoms with Crippen LogP contribution in [-0.4, -0.2) is 17.0 Å². The van der Waals surface area contributed by atoms with Crippen LogP contribution in [0, 0.1) is 0 Å². The highest BCUT2D eigenvalue weighted by Gasteiger charge is 2.20. The Labute approximate surface area is 143 Å². The highest BCUT2D eigenvalue weighted by molar-refractivity contribution is 6.31. The Hall–Kier alpha value is -2.79. The number of aromatic hydroxyl groups is 1. The summed E-state index contributed by atoms with van der Waals surface area (Å²) in [5.74, 6) is -1.70. The van der Waals surface area contributed by atoms with Crippen LogP contribution in [0.25, 0.3) is 10.8 Å². The number of phenolic OH excluding ortho intramolecular Hbond substituents is 1. The van der Waals surface area contributed by atoms with Crippen molar-refractivity contribution in [2.24, 2.45) is 0 Å². The summed E-state index contributed by atoms with van der Waals surface area (Å²) in [6.45, 7) is 9.97. The van der Waals surface area contributed by atoms with E-state index in [4.69, 9.17) is 21.1 Å². The summed E-state index contributed by atoms with van der Waals surface area (Å²) in [5, 5.41) is 11.3. The summed E-state index contributed by atoms with van der Waals surface area (Å²) in [4.78, 5) is 23.7. The number of halogens is 1. The fraction of sp³-hybridized carbons (Fsp3) is 0.111. The van der Waals surface area contributed by atoms with Crippen LogP contribution in [0.3, 0.4) is 0 Å². The number of esters is 2. The summed E-state index contributed by atoms with van der Waals surface area (Å²) in [7, 11) is 0. The van der Waals surface area contributed by atoms with E-state index < -0.39 is 11.9 Å². The molecule has 2 aromatic carbocycles. The van der Waals surface area contributed by atoms with Crippen molar-refractivity contribution in [1.29, 1.82) is 0 Å². The SMILES string of the molecule is C=C(C)C(=O)Oc1cc(O)c2cc(Cl)ccc2c1OC(=O)C(=C)C. The molecule has 2 aromatic rings. The van der Waals surface area contributed by atoms with Crippen LogP contribution < -0.4 is 9.47 Å². The Morgan fingerprint density at radius 3 is 2.17 bits per heavy atom. The van der Waals surface area contributed by atoms with Gasteiger partial charge in [0, 0.05) is 33.0 Å². The van der Waals surface area contributed by atoms with Crippen LogP contribution in [0.4, 0.5) is 0 Å². The predicted octanol–water partition coefficient (Wildman–Crippen LogP) is 4.16. The summed E-state index contributed by atoms with van der Waals surface area (Å²) in [6, 6.07) is 5.80. The second-order valence-electron chi connectivity index (χ2n) is 5.25. The first-order valence-corrected chi connectivity index (χ1v) is 7.29. The molecule has 0 radical (unpaired) electrons. The van der Waals surface area contributed by atoms with Gasteiger partial charge in [-0.2, -0.15) is 0 Å². The number of hydrogen-bond donors (Lipinski definition) is 1. The third kappa shape index (κ3) is 3.58. The lowest BCUT2D eigenvalue weighted by Crippen LogP contribution is -2.13. The van der Waals surface area contributed by atoms with E-state index in [2.05, 4.69) is 13.2 Å². The van der Waals surface area contributed by atoms with Crippen LogP contribution in [0.1, 0.15) is 13.8 Å². The molecule has 0 amide bonds. The molecule has 6 heteroatoms. The molecule has 124 valence electrons. The lowest BCUT2D eigenvalue weighted by molar-refractivity contribution is -0.132. The highest BCUT2D eigenvalue weighted by Crippen LogP contribution is 2.42. The summed E-state index contributed by atoms with van der Waals surface area (Å²) in [6.07, 6.45) is 0. The fourth-order valence-electron chi connectivity index (χ4n) is 1.87. The molecule has 0 bridgehead atoms. The van der Waals surface area contributed by atoms with Crippen molar-refractivity contribution in [2.45, 2.75) is 13.8 Å². The zero-order valence-corrected chi connectivity index (χ0v) is 13.9. The Morgan fingerprint density at radius 2 is 1.58 bits per heavy atom. The molecule has 0 aliphatic heterocycles. The van der Waals surface area contributed by atoms with Crippen molar-refractivity contribution < 1.29 is 24.2 Å². The molecule has 5 nitrogen and oxygen atoms in total. The number of rotatable bonds is 4. The van der Waals surface area contributed by atoms with E-state index in [0.29, 0.717) is 15.8 Å². The van der Waals surface area contributed by atoms with E-state index in [9.17, 15) is 14.7 Å². The smallest absolute Gasteiger partial charge is 0.338 e. The van der Waals surface area contributed by atoms with E-state index in [0.717, 1.165) is 0 Å². The molecule has 0 spiro atoms. The molecule has 0 aliphatic carbocycles. The molecule has 0 atom stereocenters. The molecule has 1 N–H and O–H groups in total. The number of hydrogen-bond acceptors (Lipinski definition) is 5. The van der Waals surface area contributed by atoms with Gasteiger partial charge < -0.3 is 14.6 Å². The van der Waals surface area contributed by atoms with Gasteiger partial charge in [-0.15, -0.1) is 0 Å². The van der Waals surface area contributed by atoms with Gasteiger partial charge in [-0.3, -0.25) is 0 Å². The molecule has 2 rings (SSSR count). The average molecular weight is 347 g/mol. The molecular formula is C18H15ClO5. The first-order chi connectivity index (χ1) is 11.2. The van der Waals surface area contributed by atoms with Gasteiger partial charge in [-0.1, -0.05) is 24.8 Å². The van der Waals surface area contributed by atoms with E-state index >= 15 is 0 Å². The van der Waals surface area contributed by atoms with Crippen LogP contribution in [0.5, 0.6) is 17.2 Å². The van der Waals surface area contributed by atoms with E-state index in [1.54, 1.807) is 12.1 Å². The van der Waals surface area contributed by atoms with E-state index in [1.165, 1.54) is 26.0 Å². The topological polar surface area (TPSA) is 72.8 Å². The molecule has 0 fully saturated rings. The van der Waals surface area contributed by atoms with Crippen molar-refractivity contribution in [3.63, 3.8) is 0 Å². The quantitative estimate of drug-likeness (QED) is 0.511. The maximum absolute atomic E-state index is 11.9. The van der Waals surface area contributed by atoms with Gasteiger partial charge in [0.15, 0.2) is 11.5 Å². The van der Waals surface area contributed by atoms with Crippen molar-refractivity contribution in [2.75, 3.05) is 0 Å². The fourth-order valence-corrected chi connectivity index (χ4v) is 2.05. The minimum atomic E-state index is -0.713. The van der Waals surface area contributed by atoms with Crippen molar-refractivity contribution in [3.8, 4) is 17.2 Å². The average Bonchev–Trinajstić information content (AvgIpc) is 2.50. The van der Waals surface area contributed by atoms with Crippen LogP contribution >= 0.6 is 11.6 Å². The number of ether oxygens (including phenoxy) is 2. The van der Waals surface area contributed by atoms with Crippen LogP contribution in [-0.2, 0) is 9.59 Å². The zero-order valence-electron chi connectivity index (χ0n) is 13.2. The van der Waals surface area contributed by atoms with E-state index in [1.807, 2.05) is 0 Å². The number of benzene rings is 2. The lowest BCUT2D eigenvalue weighted by Gasteiger charge is -2.14. The van der Waals surface area contributed by atoms with E-state index in [-0.39, 0.29) is 28.4 Å². The van der Waals surface area contributed by atoms with Gasteiger partial charge in [0.1, 0.15) is 5.75 Å². The maximum atomic E-state index is 11.9. The van der Waals surface area contributed by atoms with Gasteiger partial charge in [-0.25, -0.2) is 9.59 Å². The van der Waals surface area contributed by atoms with Crippen LogP contribution in [0.2, 0.25) is 5.02 Å². The molecule has 0 aromatic heterocycles. The standard InChI is InChI=1S/C18H15ClO5/c1-9(2)17(21)23-15-8-14(20)13-7-11(19)5-6-12(13)16(15)24-18(22)10(3)4/h5-8,20H,1,3H2,2,4H3. The predicted molar refractivity (Wildman–Crippen MR) is 91.5 cm³/mol. The Morgan fingerprint density at radius 1 is 1.00 bits per heavy atom. The molecule has 24 heavy (non-hydrogen) atoms. The number of phenols is 1. The van der Waals surface area contributed by atoms with Crippen molar-refractivity contribution in [1.82, 2.24) is 0 Å². The third-order valence-electron chi connectivity index (χ3n) is 3.09. The Balaban J connectivity index is 2.68. The Bertz CT molecular complexity index is 883. The minimum Gasteiger partial charge on any atom is -0.507 e. The second-order valence-corrected chi connectivity index (χ2v) is 5.69. The Kier molecular flexibility index (Phi) is 4.95. The van der Waals surface area contributed by atoms with Gasteiger partial charge in [0.2, 0.25) is 0 Å². The molecule has 0 heterocycles. The summed E-state index contributed by atoms with van der Waals surface area (Å²) >= 11 is 5.93. The van der Waals surface area contributed by atoms with Gasteiger partial charge in [0.25, 0.3) is 0 Å². The molecule has 0 unspecified atom stereocenters. The highest BCUT2D eigenvalue weighted by atomic mass is 35.5. The molecule has 0 aliphatic rings. The van der Waals surface area contributed by atoms with Gasteiger partial charge >= 0.3 is 11.9 Å². The zero-order chi connectivity index (χ0) is 18.0. The minimum absolute atomic E-state index is 0.0120. The largest absolute Gasteiger partial charge is 0.507 e. The number of fused-ring (bicyclic) bond motifs is 1. The first kappa shape index (κ1) is 17.6. The number of carbonyl (C=O) groups is 2. The first-order valence-electron chi connectivity index (χ1n) is 6.91. The normalized spacial score (nSPS) is 10.3. The third-order valence-corrected chi connectivity index (χ3v) is 3.32. The van der Waals surface area contributed by atoms with Gasteiger partial charge in [0.05, 0.1) is 0 Å². The van der Waals surface area contributed by atoms with Crippen LogP contribution in [0.15, 0.2) is 48.6 Å². The lowest BCUT2D eigenvalue weighted by atomic mass is 10.1. The monoisotopic (exact) mass is 346 g/mol.